The summed E-state index contributed by atoms with van der Waals surface area (Å²) in [7, 11) is 0. The number of fused-ring (bicyclic) bond motifs is 2. The van der Waals surface area contributed by atoms with Gasteiger partial charge >= 0.3 is 12.1 Å². The number of aromatic nitrogens is 1. The Morgan fingerprint density at radius 1 is 1.20 bits per heavy atom. The first-order chi connectivity index (χ1) is 16.7. The van der Waals surface area contributed by atoms with Crippen molar-refractivity contribution in [1.29, 1.82) is 0 Å². The number of hydrogen-bond donors (Lipinski definition) is 2. The van der Waals surface area contributed by atoms with Crippen LogP contribution in [0.5, 0.6) is 0 Å². The molecule has 10 heteroatoms. The van der Waals surface area contributed by atoms with Crippen molar-refractivity contribution in [2.24, 2.45) is 5.92 Å². The van der Waals surface area contributed by atoms with Crippen LogP contribution >= 0.6 is 11.3 Å². The lowest BCUT2D eigenvalue weighted by Crippen LogP contribution is -2.41. The van der Waals surface area contributed by atoms with E-state index in [9.17, 15) is 18.0 Å². The minimum atomic E-state index is -5.08. The molecule has 1 aliphatic heterocycles. The highest BCUT2D eigenvalue weighted by atomic mass is 32.1. The van der Waals surface area contributed by atoms with E-state index in [0.717, 1.165) is 38.5 Å². The molecule has 6 nitrogen and oxygen atoms in total. The summed E-state index contributed by atoms with van der Waals surface area (Å²) in [5.41, 5.74) is 3.21. The monoisotopic (exact) mass is 509 g/mol. The second-order valence-corrected chi connectivity index (χ2v) is 10.7. The molecule has 1 saturated carbocycles. The maximum atomic E-state index is 12.5. The summed E-state index contributed by atoms with van der Waals surface area (Å²) in [4.78, 5) is 28.4. The van der Waals surface area contributed by atoms with E-state index in [1.165, 1.54) is 41.8 Å². The first kappa shape index (κ1) is 25.6. The Labute approximate surface area is 206 Å². The number of nitrogens with zero attached hydrogens (tertiary/aromatic N) is 2. The van der Waals surface area contributed by atoms with Crippen LogP contribution in [0.25, 0.3) is 0 Å². The van der Waals surface area contributed by atoms with Crippen LogP contribution in [0, 0.1) is 5.92 Å². The van der Waals surface area contributed by atoms with Gasteiger partial charge in [0, 0.05) is 24.5 Å². The van der Waals surface area contributed by atoms with Crippen LogP contribution in [0.1, 0.15) is 60.6 Å². The highest BCUT2D eigenvalue weighted by Gasteiger charge is 2.45. The molecular weight excluding hydrogens is 479 g/mol. The first-order valence-electron chi connectivity index (χ1n) is 11.9. The number of aliphatic carboxylic acids is 1. The van der Waals surface area contributed by atoms with E-state index in [4.69, 9.17) is 9.90 Å². The second kappa shape index (κ2) is 10.7. The lowest BCUT2D eigenvalue weighted by molar-refractivity contribution is -0.192. The molecule has 1 aromatic heterocycles. The summed E-state index contributed by atoms with van der Waals surface area (Å²) in [6.07, 6.45) is 3.55. The Hall–Kier alpha value is -2.46. The molecule has 190 valence electrons. The van der Waals surface area contributed by atoms with Gasteiger partial charge in [0.25, 0.3) is 0 Å². The van der Waals surface area contributed by atoms with Gasteiger partial charge in [-0.05, 0) is 73.6 Å². The fourth-order valence-corrected chi connectivity index (χ4v) is 5.88. The number of piperidine rings is 1. The van der Waals surface area contributed by atoms with Gasteiger partial charge in [-0.25, -0.2) is 9.78 Å². The van der Waals surface area contributed by atoms with Gasteiger partial charge in [0.1, 0.15) is 5.01 Å². The van der Waals surface area contributed by atoms with E-state index in [2.05, 4.69) is 44.8 Å². The molecule has 35 heavy (non-hydrogen) atoms. The van der Waals surface area contributed by atoms with E-state index < -0.39 is 12.1 Å². The predicted octanol–water partition coefficient (Wildman–Crippen LogP) is 4.71. The van der Waals surface area contributed by atoms with Crippen LogP contribution in [-0.4, -0.2) is 52.7 Å². The van der Waals surface area contributed by atoms with Gasteiger partial charge in [-0.3, -0.25) is 9.69 Å². The smallest absolute Gasteiger partial charge is 0.475 e. The van der Waals surface area contributed by atoms with Gasteiger partial charge in [0.15, 0.2) is 0 Å². The van der Waals surface area contributed by atoms with Crippen molar-refractivity contribution in [3.63, 3.8) is 0 Å². The van der Waals surface area contributed by atoms with Crippen molar-refractivity contribution in [3.05, 3.63) is 52.0 Å². The molecule has 1 aromatic carbocycles. The number of halogens is 3. The fourth-order valence-electron chi connectivity index (χ4n) is 5.22. The summed E-state index contributed by atoms with van der Waals surface area (Å²) in [5, 5.41) is 13.6. The molecule has 1 saturated heterocycles. The number of likely N-dealkylation sites (tertiary alicyclic amines) is 1. The third kappa shape index (κ3) is 6.61. The normalized spacial score (nSPS) is 21.2. The average molecular weight is 510 g/mol. The van der Waals surface area contributed by atoms with Crippen LogP contribution in [0.2, 0.25) is 0 Å². The van der Waals surface area contributed by atoms with Crippen molar-refractivity contribution in [2.75, 3.05) is 19.6 Å². The van der Waals surface area contributed by atoms with Gasteiger partial charge in [-0.1, -0.05) is 24.3 Å². The zero-order valence-electron chi connectivity index (χ0n) is 19.4. The molecule has 3 aliphatic rings. The number of rotatable bonds is 6. The number of carbonyl (C=O) groups excluding carboxylic acids is 1. The summed E-state index contributed by atoms with van der Waals surface area (Å²) < 4.78 is 31.7. The highest BCUT2D eigenvalue weighted by Crippen LogP contribution is 2.52. The summed E-state index contributed by atoms with van der Waals surface area (Å²) in [5.74, 6) is -1.40. The molecule has 2 fully saturated rings. The van der Waals surface area contributed by atoms with E-state index in [0.29, 0.717) is 12.3 Å². The summed E-state index contributed by atoms with van der Waals surface area (Å²) in [6.45, 7) is 4.09. The van der Waals surface area contributed by atoms with Crippen molar-refractivity contribution < 1.29 is 27.9 Å². The molecular formula is C25H30F3N3O3S. The van der Waals surface area contributed by atoms with E-state index in [1.807, 2.05) is 6.20 Å². The van der Waals surface area contributed by atoms with Crippen molar-refractivity contribution in [1.82, 2.24) is 15.2 Å². The van der Waals surface area contributed by atoms with E-state index in [-0.39, 0.29) is 11.3 Å². The SMILES string of the molecule is O=C(CC1CC2(CCN(Cc3nccs3)CC2)c2ccccc21)NCC1CC1.O=C(O)C(F)(F)F. The lowest BCUT2D eigenvalue weighted by atomic mass is 9.73. The number of amides is 1. The third-order valence-corrected chi connectivity index (χ3v) is 7.99. The zero-order chi connectivity index (χ0) is 25.1. The number of carboxylic acid groups (broad SMARTS) is 1. The first-order valence-corrected chi connectivity index (χ1v) is 12.8. The van der Waals surface area contributed by atoms with Crippen molar-refractivity contribution in [3.8, 4) is 0 Å². The molecule has 2 N–H and O–H groups in total. The second-order valence-electron chi connectivity index (χ2n) is 9.73. The van der Waals surface area contributed by atoms with Gasteiger partial charge < -0.3 is 10.4 Å². The standard InChI is InChI=1S/C23H29N3OS.C2HF3O2/c27-21(25-15-17-5-6-17)13-18-14-23(20-4-2-1-3-19(18)20)7-10-26(11-8-23)16-22-24-9-12-28-22;3-2(4,5)1(6)7/h1-4,9,12,17-18H,5-8,10-11,13-16H2,(H,25,27);(H,6,7). The minimum Gasteiger partial charge on any atom is -0.475 e. The minimum absolute atomic E-state index is 0.241. The average Bonchev–Trinajstić information content (AvgIpc) is 3.43. The molecule has 1 atom stereocenters. The molecule has 0 radical (unpaired) electrons. The van der Waals surface area contributed by atoms with Crippen LogP contribution in [-0.2, 0) is 21.5 Å². The van der Waals surface area contributed by atoms with Crippen LogP contribution in [0.15, 0.2) is 35.8 Å². The quantitative estimate of drug-likeness (QED) is 0.589. The molecule has 2 heterocycles. The summed E-state index contributed by atoms with van der Waals surface area (Å²) >= 11 is 1.75. The van der Waals surface area contributed by atoms with Gasteiger partial charge in [0.05, 0.1) is 6.54 Å². The molecule has 2 aliphatic carbocycles. The number of carboxylic acids is 1. The Kier molecular flexibility index (Phi) is 7.80. The van der Waals surface area contributed by atoms with Crippen LogP contribution in [0.3, 0.4) is 0 Å². The van der Waals surface area contributed by atoms with E-state index >= 15 is 0 Å². The highest BCUT2D eigenvalue weighted by molar-refractivity contribution is 7.09. The van der Waals surface area contributed by atoms with Crippen molar-refractivity contribution >= 4 is 23.2 Å². The summed E-state index contributed by atoms with van der Waals surface area (Å²) in [6, 6.07) is 8.92. The Balaban J connectivity index is 0.000000364. The largest absolute Gasteiger partial charge is 0.490 e. The zero-order valence-corrected chi connectivity index (χ0v) is 20.2. The Bertz CT molecular complexity index is 1020. The number of carbonyl (C=O) groups is 2. The molecule has 5 rings (SSSR count). The van der Waals surface area contributed by atoms with Gasteiger partial charge in [0.2, 0.25) is 5.91 Å². The Morgan fingerprint density at radius 2 is 1.89 bits per heavy atom. The number of benzene rings is 1. The molecule has 1 spiro atoms. The predicted molar refractivity (Wildman–Crippen MR) is 126 cm³/mol. The third-order valence-electron chi connectivity index (χ3n) is 7.22. The Morgan fingerprint density at radius 3 is 2.49 bits per heavy atom. The van der Waals surface area contributed by atoms with Gasteiger partial charge in [-0.2, -0.15) is 13.2 Å². The molecule has 2 aromatic rings. The molecule has 0 bridgehead atoms. The number of nitrogens with one attached hydrogen (secondary N) is 1. The molecule has 1 unspecified atom stereocenters. The van der Waals surface area contributed by atoms with Crippen LogP contribution in [0.4, 0.5) is 13.2 Å². The lowest BCUT2D eigenvalue weighted by Gasteiger charge is -2.40. The van der Waals surface area contributed by atoms with Crippen molar-refractivity contribution in [2.45, 2.75) is 62.6 Å². The number of hydrogen-bond acceptors (Lipinski definition) is 5. The van der Waals surface area contributed by atoms with Crippen LogP contribution < -0.4 is 5.32 Å². The molecule has 1 amide bonds. The van der Waals surface area contributed by atoms with Gasteiger partial charge in [-0.15, -0.1) is 11.3 Å². The van der Waals surface area contributed by atoms with E-state index in [1.54, 1.807) is 11.3 Å². The number of alkyl halides is 3. The number of thiazole rings is 1. The maximum absolute atomic E-state index is 12.5. The maximum Gasteiger partial charge on any atom is 0.490 e. The fraction of sp³-hybridized carbons (Fsp3) is 0.560. The topological polar surface area (TPSA) is 82.5 Å².